The van der Waals surface area contributed by atoms with E-state index in [2.05, 4.69) is 6.58 Å². The van der Waals surface area contributed by atoms with Gasteiger partial charge in [-0.15, -0.1) is 0 Å². The maximum Gasteiger partial charge on any atom is 0.219 e. The molecule has 98 valence electrons. The molecule has 1 aliphatic heterocycles. The fraction of sp³-hybridized carbons (Fsp3) is 0.462. The number of hydrogen-bond donors (Lipinski definition) is 0. The maximum atomic E-state index is 12.2. The summed E-state index contributed by atoms with van der Waals surface area (Å²) in [6.07, 6.45) is 8.23. The largest absolute Gasteiger partial charge is 0.219 e. The zero-order valence-corrected chi connectivity index (χ0v) is 11.4. The summed E-state index contributed by atoms with van der Waals surface area (Å²) in [5, 5.41) is 8.93. The molecule has 5 heteroatoms. The van der Waals surface area contributed by atoms with Gasteiger partial charge in [-0.2, -0.15) is 9.57 Å². The van der Waals surface area contributed by atoms with Crippen molar-refractivity contribution in [2.45, 2.75) is 25.8 Å². The van der Waals surface area contributed by atoms with Gasteiger partial charge in [-0.05, 0) is 25.3 Å². The zero-order chi connectivity index (χ0) is 13.6. The molecule has 0 N–H and O–H groups in total. The van der Waals surface area contributed by atoms with E-state index in [1.54, 1.807) is 12.2 Å². The lowest BCUT2D eigenvalue weighted by molar-refractivity contribution is 0.439. The average Bonchev–Trinajstić information content (AvgIpc) is 2.83. The van der Waals surface area contributed by atoms with Gasteiger partial charge in [0.1, 0.15) is 6.04 Å². The smallest absolute Gasteiger partial charge is 0.212 e. The monoisotopic (exact) mass is 266 g/mol. The van der Waals surface area contributed by atoms with E-state index in [0.29, 0.717) is 18.5 Å². The molecule has 0 aliphatic carbocycles. The number of nitriles is 1. The van der Waals surface area contributed by atoms with Gasteiger partial charge in [-0.3, -0.25) is 0 Å². The minimum atomic E-state index is -3.43. The van der Waals surface area contributed by atoms with Crippen LogP contribution in [0.5, 0.6) is 0 Å². The first kappa shape index (κ1) is 14.7. The van der Waals surface area contributed by atoms with Crippen molar-refractivity contribution in [1.29, 1.82) is 5.26 Å². The highest BCUT2D eigenvalue weighted by molar-refractivity contribution is 7.89. The number of hydrogen-bond acceptors (Lipinski definition) is 3. The van der Waals surface area contributed by atoms with E-state index >= 15 is 0 Å². The quantitative estimate of drug-likeness (QED) is 0.715. The van der Waals surface area contributed by atoms with Crippen LogP contribution >= 0.6 is 0 Å². The van der Waals surface area contributed by atoms with E-state index in [4.69, 9.17) is 5.26 Å². The van der Waals surface area contributed by atoms with Crippen LogP contribution in [-0.4, -0.2) is 31.1 Å². The summed E-state index contributed by atoms with van der Waals surface area (Å²) in [4.78, 5) is 0. The fourth-order valence-corrected chi connectivity index (χ4v) is 3.64. The summed E-state index contributed by atoms with van der Waals surface area (Å²) < 4.78 is 25.7. The highest BCUT2D eigenvalue weighted by Crippen LogP contribution is 2.22. The molecule has 0 amide bonds. The van der Waals surface area contributed by atoms with Crippen molar-refractivity contribution in [2.24, 2.45) is 0 Å². The molecule has 0 aromatic rings. The summed E-state index contributed by atoms with van der Waals surface area (Å²) in [6.45, 7) is 5.91. The molecule has 0 radical (unpaired) electrons. The van der Waals surface area contributed by atoms with Gasteiger partial charge in [0, 0.05) is 6.54 Å². The summed E-state index contributed by atoms with van der Waals surface area (Å²) >= 11 is 0. The van der Waals surface area contributed by atoms with Crippen molar-refractivity contribution >= 4 is 10.0 Å². The third-order valence-corrected chi connectivity index (χ3v) is 4.67. The zero-order valence-electron chi connectivity index (χ0n) is 10.5. The molecule has 1 rings (SSSR count). The lowest BCUT2D eigenvalue weighted by Gasteiger charge is -2.19. The van der Waals surface area contributed by atoms with Crippen molar-refractivity contribution in [3.05, 3.63) is 36.5 Å². The van der Waals surface area contributed by atoms with Crippen molar-refractivity contribution < 1.29 is 8.42 Å². The Morgan fingerprint density at radius 2 is 2.33 bits per heavy atom. The molecule has 1 atom stereocenters. The average molecular weight is 266 g/mol. The van der Waals surface area contributed by atoms with Crippen LogP contribution in [0.2, 0.25) is 0 Å². The Kier molecular flexibility index (Phi) is 5.32. The standard InChI is InChI=1S/C13H18N2O2S/c1-3-5-7-12(4-2)11-18(16,17)15-9-6-8-13(15)10-14/h3-5,7,13H,2,6,8-9,11H2,1H3/b5-3-,12-7+. The lowest BCUT2D eigenvalue weighted by Crippen LogP contribution is -2.36. The predicted molar refractivity (Wildman–Crippen MR) is 72.2 cm³/mol. The van der Waals surface area contributed by atoms with Crippen molar-refractivity contribution in [1.82, 2.24) is 4.31 Å². The van der Waals surface area contributed by atoms with Crippen LogP contribution in [0.25, 0.3) is 0 Å². The summed E-state index contributed by atoms with van der Waals surface area (Å²) in [6, 6.07) is 1.53. The second kappa shape index (κ2) is 6.53. The Morgan fingerprint density at radius 1 is 1.61 bits per heavy atom. The van der Waals surface area contributed by atoms with Gasteiger partial charge in [0.05, 0.1) is 11.8 Å². The van der Waals surface area contributed by atoms with Crippen LogP contribution in [-0.2, 0) is 10.0 Å². The van der Waals surface area contributed by atoms with Crippen molar-refractivity contribution in [3.63, 3.8) is 0 Å². The van der Waals surface area contributed by atoms with E-state index < -0.39 is 16.1 Å². The molecule has 1 heterocycles. The summed E-state index contributed by atoms with van der Waals surface area (Å²) in [5.74, 6) is -0.0982. The van der Waals surface area contributed by atoms with Gasteiger partial charge in [-0.1, -0.05) is 30.9 Å². The van der Waals surface area contributed by atoms with E-state index in [1.165, 1.54) is 10.4 Å². The summed E-state index contributed by atoms with van der Waals surface area (Å²) in [7, 11) is -3.43. The Bertz CT molecular complexity index is 498. The molecule has 0 bridgehead atoms. The Labute approximate surface area is 109 Å². The number of rotatable bonds is 5. The van der Waals surface area contributed by atoms with Gasteiger partial charge in [0.25, 0.3) is 0 Å². The highest BCUT2D eigenvalue weighted by atomic mass is 32.2. The van der Waals surface area contributed by atoms with E-state index in [-0.39, 0.29) is 5.75 Å². The molecule has 4 nitrogen and oxygen atoms in total. The van der Waals surface area contributed by atoms with Crippen LogP contribution in [0.4, 0.5) is 0 Å². The van der Waals surface area contributed by atoms with Crippen LogP contribution < -0.4 is 0 Å². The minimum Gasteiger partial charge on any atom is -0.212 e. The van der Waals surface area contributed by atoms with Crippen LogP contribution in [0.1, 0.15) is 19.8 Å². The normalized spacial score (nSPS) is 22.2. The second-order valence-corrected chi connectivity index (χ2v) is 6.05. The molecule has 1 aliphatic rings. The molecule has 0 aromatic heterocycles. The first-order valence-corrected chi connectivity index (χ1v) is 7.49. The van der Waals surface area contributed by atoms with Crippen LogP contribution in [0.3, 0.4) is 0 Å². The molecule has 1 fully saturated rings. The van der Waals surface area contributed by atoms with Gasteiger partial charge < -0.3 is 0 Å². The molecule has 1 saturated heterocycles. The van der Waals surface area contributed by atoms with Gasteiger partial charge in [0.15, 0.2) is 0 Å². The van der Waals surface area contributed by atoms with Crippen molar-refractivity contribution in [3.8, 4) is 6.07 Å². The van der Waals surface area contributed by atoms with Gasteiger partial charge in [-0.25, -0.2) is 8.42 Å². The van der Waals surface area contributed by atoms with Gasteiger partial charge in [0.2, 0.25) is 10.0 Å². The van der Waals surface area contributed by atoms with E-state index in [0.717, 1.165) is 6.42 Å². The third-order valence-electron chi connectivity index (χ3n) is 2.82. The Morgan fingerprint density at radius 3 is 2.89 bits per heavy atom. The number of sulfonamides is 1. The molecule has 1 unspecified atom stereocenters. The molecular formula is C13H18N2O2S. The summed E-state index contributed by atoms with van der Waals surface area (Å²) in [5.41, 5.74) is 0.636. The molecule has 0 saturated carbocycles. The maximum absolute atomic E-state index is 12.2. The lowest BCUT2D eigenvalue weighted by atomic mass is 10.2. The molecular weight excluding hydrogens is 248 g/mol. The Balaban J connectivity index is 2.88. The first-order valence-electron chi connectivity index (χ1n) is 5.88. The molecule has 0 spiro atoms. The minimum absolute atomic E-state index is 0.0982. The van der Waals surface area contributed by atoms with E-state index in [1.807, 2.05) is 19.1 Å². The fourth-order valence-electron chi connectivity index (χ4n) is 1.89. The predicted octanol–water partition coefficient (Wildman–Crippen LogP) is 1.99. The van der Waals surface area contributed by atoms with Crippen LogP contribution in [0.15, 0.2) is 36.5 Å². The van der Waals surface area contributed by atoms with E-state index in [9.17, 15) is 8.42 Å². The second-order valence-electron chi connectivity index (χ2n) is 4.13. The van der Waals surface area contributed by atoms with Crippen molar-refractivity contribution in [2.75, 3.05) is 12.3 Å². The first-order chi connectivity index (χ1) is 8.55. The number of nitrogens with zero attached hydrogens (tertiary/aromatic N) is 2. The molecule has 18 heavy (non-hydrogen) atoms. The topological polar surface area (TPSA) is 61.2 Å². The third kappa shape index (κ3) is 3.56. The SMILES string of the molecule is C=C/C(=C\C=C/C)CS(=O)(=O)N1CCCC1C#N. The van der Waals surface area contributed by atoms with Crippen LogP contribution in [0, 0.1) is 11.3 Å². The number of allylic oxidation sites excluding steroid dienone is 4. The Hall–Kier alpha value is -1.38. The molecule has 0 aromatic carbocycles. The van der Waals surface area contributed by atoms with Gasteiger partial charge >= 0.3 is 0 Å². The highest BCUT2D eigenvalue weighted by Gasteiger charge is 2.34.